The lowest BCUT2D eigenvalue weighted by atomic mass is 9.67. The largest absolute Gasteiger partial charge is 0.308 e. The molecule has 0 bridgehead atoms. The van der Waals surface area contributed by atoms with Crippen molar-refractivity contribution < 1.29 is 26.3 Å². The van der Waals surface area contributed by atoms with Crippen LogP contribution in [-0.2, 0) is 10.8 Å². The molecule has 2 aliphatic rings. The standard InChI is InChI=1S/C78H50F6N2/c1-3-49-21-29-53(30-22-49)77(55-33-43-69(79)73(83)45-55)65-15-7-5-13-61(65)63-41-39-59(47-67(63)77)85(75-19-11-9-17-71(75)81)57-35-25-51(26-36-57)52-27-37-58(38-28-52)86(76-20-12-10-18-72(76)82)60-40-42-64-62-14-6-8-16-66(62)78(68(64)48-60,54-31-23-50(4-2)24-32-54)56-34-44-70(80)74(84)46-56/h3-48H,1-2H2. The predicted octanol–water partition coefficient (Wildman–Crippen LogP) is 21.1. The van der Waals surface area contributed by atoms with Crippen LogP contribution in [0.5, 0.6) is 0 Å². The topological polar surface area (TPSA) is 6.48 Å². The van der Waals surface area contributed by atoms with Gasteiger partial charge < -0.3 is 9.80 Å². The summed E-state index contributed by atoms with van der Waals surface area (Å²) in [6, 6.07) is 80.7. The highest BCUT2D eigenvalue weighted by atomic mass is 19.2. The maximum atomic E-state index is 16.4. The third-order valence-electron chi connectivity index (χ3n) is 17.2. The van der Waals surface area contributed by atoms with Crippen LogP contribution < -0.4 is 9.80 Å². The molecule has 0 spiro atoms. The number of hydrogen-bond acceptors (Lipinski definition) is 2. The minimum atomic E-state index is -1.12. The van der Waals surface area contributed by atoms with E-state index >= 15 is 17.6 Å². The Labute approximate surface area is 494 Å². The van der Waals surface area contributed by atoms with Gasteiger partial charge in [-0.25, -0.2) is 26.3 Å². The molecule has 0 saturated carbocycles. The van der Waals surface area contributed by atoms with Crippen molar-refractivity contribution in [2.75, 3.05) is 9.80 Å². The summed E-state index contributed by atoms with van der Waals surface area (Å²) in [6.45, 7) is 7.92. The number of para-hydroxylation sites is 2. The fraction of sp³-hybridized carbons (Fsp3) is 0.0256. The first-order valence-corrected chi connectivity index (χ1v) is 28.2. The van der Waals surface area contributed by atoms with E-state index < -0.39 is 45.7 Å². The molecule has 0 aliphatic heterocycles. The average molecular weight is 1130 g/mol. The van der Waals surface area contributed by atoms with Crippen LogP contribution in [-0.4, -0.2) is 0 Å². The summed E-state index contributed by atoms with van der Waals surface area (Å²) in [5.41, 5.74) is 14.2. The van der Waals surface area contributed by atoms with Crippen LogP contribution in [0.3, 0.4) is 0 Å². The number of anilines is 6. The molecule has 414 valence electrons. The Morgan fingerprint density at radius 2 is 0.605 bits per heavy atom. The van der Waals surface area contributed by atoms with E-state index in [1.807, 2.05) is 192 Å². The number of hydrogen-bond donors (Lipinski definition) is 0. The van der Waals surface area contributed by atoms with Gasteiger partial charge in [0.25, 0.3) is 0 Å². The summed E-state index contributed by atoms with van der Waals surface area (Å²) in [6.07, 6.45) is 3.51. The van der Waals surface area contributed by atoms with E-state index in [-0.39, 0.29) is 0 Å². The van der Waals surface area contributed by atoms with Crippen molar-refractivity contribution in [1.82, 2.24) is 0 Å². The minimum Gasteiger partial charge on any atom is -0.308 e. The van der Waals surface area contributed by atoms with E-state index in [0.29, 0.717) is 45.3 Å². The van der Waals surface area contributed by atoms with Gasteiger partial charge in [-0.15, -0.1) is 0 Å². The van der Waals surface area contributed by atoms with Crippen molar-refractivity contribution >= 4 is 46.3 Å². The van der Waals surface area contributed by atoms with E-state index in [4.69, 9.17) is 0 Å². The normalized spacial score (nSPS) is 15.3. The Morgan fingerprint density at radius 1 is 0.267 bits per heavy atom. The fourth-order valence-electron chi connectivity index (χ4n) is 13.3. The molecule has 0 aromatic heterocycles. The van der Waals surface area contributed by atoms with Crippen LogP contribution in [0.15, 0.2) is 280 Å². The van der Waals surface area contributed by atoms with Crippen LogP contribution in [0, 0.1) is 34.9 Å². The van der Waals surface area contributed by atoms with Crippen LogP contribution in [0.4, 0.5) is 60.5 Å². The predicted molar refractivity (Wildman–Crippen MR) is 336 cm³/mol. The first-order chi connectivity index (χ1) is 42.0. The van der Waals surface area contributed by atoms with E-state index in [1.54, 1.807) is 60.7 Å². The summed E-state index contributed by atoms with van der Waals surface area (Å²) >= 11 is 0. The number of benzene rings is 12. The summed E-state index contributed by atoms with van der Waals surface area (Å²) in [5, 5.41) is 0. The summed E-state index contributed by atoms with van der Waals surface area (Å²) in [4.78, 5) is 3.72. The van der Waals surface area contributed by atoms with Crippen LogP contribution in [0.25, 0.3) is 45.5 Å². The lowest BCUT2D eigenvalue weighted by Crippen LogP contribution is -2.29. The number of fused-ring (bicyclic) bond motifs is 6. The van der Waals surface area contributed by atoms with Crippen molar-refractivity contribution in [3.8, 4) is 33.4 Å². The number of halogens is 6. The lowest BCUT2D eigenvalue weighted by Gasteiger charge is -2.35. The molecule has 2 unspecified atom stereocenters. The molecule has 12 aromatic rings. The Balaban J connectivity index is 0.869. The van der Waals surface area contributed by atoms with Gasteiger partial charge >= 0.3 is 0 Å². The zero-order valence-electron chi connectivity index (χ0n) is 46.1. The zero-order chi connectivity index (χ0) is 58.8. The van der Waals surface area contributed by atoms with Gasteiger partial charge in [-0.2, -0.15) is 0 Å². The molecular weight excluding hydrogens is 1080 g/mol. The molecule has 14 rings (SSSR count). The van der Waals surface area contributed by atoms with Crippen molar-refractivity contribution in [3.63, 3.8) is 0 Å². The second kappa shape index (κ2) is 21.2. The van der Waals surface area contributed by atoms with E-state index in [9.17, 15) is 8.78 Å². The summed E-state index contributed by atoms with van der Waals surface area (Å²) in [5.74, 6) is -4.76. The third-order valence-corrected chi connectivity index (χ3v) is 17.2. The third kappa shape index (κ3) is 8.42. The van der Waals surface area contributed by atoms with Crippen LogP contribution in [0.1, 0.15) is 55.6 Å². The minimum absolute atomic E-state index is 0.296. The van der Waals surface area contributed by atoms with E-state index in [2.05, 4.69) is 13.2 Å². The average Bonchev–Trinajstić information content (AvgIpc) is 1.53. The highest BCUT2D eigenvalue weighted by Crippen LogP contribution is 2.59. The molecule has 0 radical (unpaired) electrons. The van der Waals surface area contributed by atoms with Crippen molar-refractivity contribution in [3.05, 3.63) is 371 Å². The molecule has 0 heterocycles. The van der Waals surface area contributed by atoms with Gasteiger partial charge in [0.1, 0.15) is 11.6 Å². The van der Waals surface area contributed by atoms with E-state index in [1.165, 1.54) is 36.4 Å². The van der Waals surface area contributed by atoms with Gasteiger partial charge in [0.2, 0.25) is 0 Å². The molecule has 2 atom stereocenters. The molecule has 86 heavy (non-hydrogen) atoms. The zero-order valence-corrected chi connectivity index (χ0v) is 46.1. The molecule has 0 saturated heterocycles. The summed E-state index contributed by atoms with van der Waals surface area (Å²) < 4.78 is 93.9. The van der Waals surface area contributed by atoms with Gasteiger partial charge in [0, 0.05) is 22.7 Å². The van der Waals surface area contributed by atoms with Gasteiger partial charge in [-0.3, -0.25) is 0 Å². The Hall–Kier alpha value is -10.7. The second-order valence-corrected chi connectivity index (χ2v) is 21.6. The van der Waals surface area contributed by atoms with Gasteiger partial charge in [0.15, 0.2) is 23.3 Å². The highest BCUT2D eigenvalue weighted by Gasteiger charge is 2.48. The van der Waals surface area contributed by atoms with Gasteiger partial charge in [0.05, 0.1) is 22.2 Å². The SMILES string of the molecule is C=Cc1ccc(C2(c3ccc(F)c(F)c3)c3ccccc3-c3ccc(N(c4ccc(-c5ccc(N(c6ccc7c(c6)C(c6ccc(C=C)cc6)(c6ccc(F)c(F)c6)c6ccccc6-7)c6ccccc6F)cc5)cc4)c4ccccc4F)cc32)cc1. The Morgan fingerprint density at radius 3 is 0.977 bits per heavy atom. The molecular formula is C78H50F6N2. The van der Waals surface area contributed by atoms with Crippen molar-refractivity contribution in [2.24, 2.45) is 0 Å². The highest BCUT2D eigenvalue weighted by molar-refractivity contribution is 5.92. The lowest BCUT2D eigenvalue weighted by molar-refractivity contribution is 0.505. The molecule has 0 amide bonds. The quantitative estimate of drug-likeness (QED) is 0.106. The van der Waals surface area contributed by atoms with Crippen LogP contribution >= 0.6 is 0 Å². The van der Waals surface area contributed by atoms with Crippen molar-refractivity contribution in [1.29, 1.82) is 0 Å². The monoisotopic (exact) mass is 1130 g/mol. The molecule has 0 N–H and O–H groups in total. The first-order valence-electron chi connectivity index (χ1n) is 28.2. The smallest absolute Gasteiger partial charge is 0.159 e. The number of rotatable bonds is 13. The Bertz CT molecular complexity index is 4350. The van der Waals surface area contributed by atoms with Crippen LogP contribution in [0.2, 0.25) is 0 Å². The van der Waals surface area contributed by atoms with Gasteiger partial charge in [-0.1, -0.05) is 195 Å². The molecule has 8 heteroatoms. The molecule has 12 aromatic carbocycles. The van der Waals surface area contributed by atoms with Crippen molar-refractivity contribution in [2.45, 2.75) is 10.8 Å². The maximum Gasteiger partial charge on any atom is 0.159 e. The molecule has 2 nitrogen and oxygen atoms in total. The number of nitrogens with zero attached hydrogens (tertiary/aromatic N) is 2. The molecule has 2 aliphatic carbocycles. The first kappa shape index (κ1) is 53.3. The summed E-state index contributed by atoms with van der Waals surface area (Å²) in [7, 11) is 0. The fourth-order valence-corrected chi connectivity index (χ4v) is 13.3. The second-order valence-electron chi connectivity index (χ2n) is 21.6. The maximum absolute atomic E-state index is 16.4. The Kier molecular flexibility index (Phi) is 13.1. The molecule has 0 fully saturated rings. The van der Waals surface area contributed by atoms with E-state index in [0.717, 1.165) is 77.9 Å². The van der Waals surface area contributed by atoms with Gasteiger partial charge in [-0.05, 0) is 186 Å².